The van der Waals surface area contributed by atoms with Crippen LogP contribution in [0.5, 0.6) is 5.75 Å². The van der Waals surface area contributed by atoms with Crippen LogP contribution >= 0.6 is 23.4 Å². The zero-order valence-electron chi connectivity index (χ0n) is 14.8. The lowest BCUT2D eigenvalue weighted by atomic mass is 10.1. The van der Waals surface area contributed by atoms with E-state index in [0.29, 0.717) is 9.93 Å². The fourth-order valence-electron chi connectivity index (χ4n) is 3.01. The molecule has 1 saturated heterocycles. The van der Waals surface area contributed by atoms with E-state index in [9.17, 15) is 9.59 Å². The van der Waals surface area contributed by atoms with E-state index in [2.05, 4.69) is 0 Å². The summed E-state index contributed by atoms with van der Waals surface area (Å²) in [6.07, 6.45) is 1.68. The van der Waals surface area contributed by atoms with Gasteiger partial charge in [-0.15, -0.1) is 0 Å². The van der Waals surface area contributed by atoms with Crippen molar-refractivity contribution in [2.75, 3.05) is 13.2 Å². The molecule has 4 nitrogen and oxygen atoms in total. The first-order valence-corrected chi connectivity index (χ1v) is 9.93. The van der Waals surface area contributed by atoms with Gasteiger partial charge in [0.25, 0.3) is 11.1 Å². The lowest BCUT2D eigenvalue weighted by Gasteiger charge is -2.14. The van der Waals surface area contributed by atoms with Gasteiger partial charge in [-0.05, 0) is 47.0 Å². The summed E-state index contributed by atoms with van der Waals surface area (Å²) in [5.41, 5.74) is 0.782. The normalized spacial score (nSPS) is 15.6. The van der Waals surface area contributed by atoms with Crippen molar-refractivity contribution in [1.82, 2.24) is 4.90 Å². The monoisotopic (exact) mass is 409 g/mol. The maximum atomic E-state index is 12.6. The molecule has 0 aromatic heterocycles. The minimum Gasteiger partial charge on any atom is -0.491 e. The average molecular weight is 410 g/mol. The van der Waals surface area contributed by atoms with E-state index in [4.69, 9.17) is 16.3 Å². The SMILES string of the molecule is O=C1S/C(=C\c2cccc(Cl)c2)C(=O)N1CCOc1cccc2ccccc12. The van der Waals surface area contributed by atoms with Crippen LogP contribution in [0, 0.1) is 0 Å². The molecule has 28 heavy (non-hydrogen) atoms. The van der Waals surface area contributed by atoms with E-state index in [1.54, 1.807) is 24.3 Å². The van der Waals surface area contributed by atoms with Crippen LogP contribution in [0.4, 0.5) is 4.79 Å². The maximum Gasteiger partial charge on any atom is 0.293 e. The van der Waals surface area contributed by atoms with Crippen LogP contribution in [0.15, 0.2) is 71.6 Å². The van der Waals surface area contributed by atoms with E-state index >= 15 is 0 Å². The number of ether oxygens (including phenoxy) is 1. The molecular weight excluding hydrogens is 394 g/mol. The Bertz CT molecular complexity index is 1090. The van der Waals surface area contributed by atoms with Crippen molar-refractivity contribution in [2.45, 2.75) is 0 Å². The van der Waals surface area contributed by atoms with Gasteiger partial charge in [0.1, 0.15) is 12.4 Å². The number of fused-ring (bicyclic) bond motifs is 1. The first kappa shape index (κ1) is 18.6. The van der Waals surface area contributed by atoms with Crippen LogP contribution in [0.25, 0.3) is 16.8 Å². The standard InChI is InChI=1S/C22H16ClNO3S/c23-17-8-3-5-15(13-17)14-20-21(25)24(22(26)28-20)11-12-27-19-10-4-7-16-6-1-2-9-18(16)19/h1-10,13-14H,11-12H2/b20-14-. The van der Waals surface area contributed by atoms with Crippen LogP contribution in [0.1, 0.15) is 5.56 Å². The van der Waals surface area contributed by atoms with Gasteiger partial charge in [0.2, 0.25) is 0 Å². The molecule has 6 heteroatoms. The summed E-state index contributed by atoms with van der Waals surface area (Å²) in [7, 11) is 0. The minimum atomic E-state index is -0.309. The fourth-order valence-corrected chi connectivity index (χ4v) is 4.07. The minimum absolute atomic E-state index is 0.195. The zero-order chi connectivity index (χ0) is 19.5. The predicted molar refractivity (Wildman–Crippen MR) is 114 cm³/mol. The van der Waals surface area contributed by atoms with Gasteiger partial charge in [0.15, 0.2) is 0 Å². The summed E-state index contributed by atoms with van der Waals surface area (Å²) in [5.74, 6) is 0.427. The Hall–Kier alpha value is -2.76. The Balaban J connectivity index is 1.44. The van der Waals surface area contributed by atoms with Gasteiger partial charge < -0.3 is 4.74 Å². The van der Waals surface area contributed by atoms with Crippen LogP contribution < -0.4 is 4.74 Å². The molecule has 3 aromatic carbocycles. The lowest BCUT2D eigenvalue weighted by Crippen LogP contribution is -2.32. The highest BCUT2D eigenvalue weighted by atomic mass is 35.5. The molecular formula is C22H16ClNO3S. The molecule has 1 heterocycles. The van der Waals surface area contributed by atoms with Gasteiger partial charge >= 0.3 is 0 Å². The third kappa shape index (κ3) is 3.91. The van der Waals surface area contributed by atoms with Gasteiger partial charge in [-0.1, -0.05) is 60.1 Å². The highest BCUT2D eigenvalue weighted by molar-refractivity contribution is 8.18. The van der Waals surface area contributed by atoms with E-state index < -0.39 is 0 Å². The van der Waals surface area contributed by atoms with Crippen molar-refractivity contribution in [3.8, 4) is 5.75 Å². The smallest absolute Gasteiger partial charge is 0.293 e. The van der Waals surface area contributed by atoms with Crippen molar-refractivity contribution in [3.63, 3.8) is 0 Å². The van der Waals surface area contributed by atoms with Gasteiger partial charge in [-0.3, -0.25) is 14.5 Å². The van der Waals surface area contributed by atoms with E-state index in [1.165, 1.54) is 4.90 Å². The second-order valence-electron chi connectivity index (χ2n) is 6.21. The molecule has 0 bridgehead atoms. The van der Waals surface area contributed by atoms with Gasteiger partial charge in [-0.25, -0.2) is 0 Å². The van der Waals surface area contributed by atoms with Crippen molar-refractivity contribution < 1.29 is 14.3 Å². The highest BCUT2D eigenvalue weighted by Gasteiger charge is 2.34. The van der Waals surface area contributed by atoms with E-state index in [-0.39, 0.29) is 24.3 Å². The summed E-state index contributed by atoms with van der Waals surface area (Å²) in [6, 6.07) is 20.9. The first-order valence-electron chi connectivity index (χ1n) is 8.73. The number of carbonyl (C=O) groups excluding carboxylic acids is 2. The summed E-state index contributed by atoms with van der Waals surface area (Å²) in [5, 5.41) is 2.37. The van der Waals surface area contributed by atoms with Crippen LogP contribution in [0.3, 0.4) is 0 Å². The number of imide groups is 1. The molecule has 1 aliphatic rings. The quantitative estimate of drug-likeness (QED) is 0.514. The lowest BCUT2D eigenvalue weighted by molar-refractivity contribution is -0.123. The Kier molecular flexibility index (Phi) is 5.37. The number of nitrogens with zero attached hydrogens (tertiary/aromatic N) is 1. The highest BCUT2D eigenvalue weighted by Crippen LogP contribution is 2.32. The largest absolute Gasteiger partial charge is 0.491 e. The molecule has 2 amide bonds. The summed E-state index contributed by atoms with van der Waals surface area (Å²) in [4.78, 5) is 26.4. The Labute approximate surface area is 171 Å². The molecule has 0 saturated carbocycles. The summed E-state index contributed by atoms with van der Waals surface area (Å²) in [6.45, 7) is 0.428. The van der Waals surface area contributed by atoms with Crippen LogP contribution in [-0.4, -0.2) is 29.2 Å². The Morgan fingerprint density at radius 1 is 1.00 bits per heavy atom. The predicted octanol–water partition coefficient (Wildman–Crippen LogP) is 5.61. The Morgan fingerprint density at radius 3 is 2.64 bits per heavy atom. The van der Waals surface area contributed by atoms with E-state index in [0.717, 1.165) is 33.8 Å². The number of hydrogen-bond donors (Lipinski definition) is 0. The fraction of sp³-hybridized carbons (Fsp3) is 0.0909. The Morgan fingerprint density at radius 2 is 1.79 bits per heavy atom. The number of hydrogen-bond acceptors (Lipinski definition) is 4. The van der Waals surface area contributed by atoms with Gasteiger partial charge in [0, 0.05) is 10.4 Å². The van der Waals surface area contributed by atoms with Gasteiger partial charge in [-0.2, -0.15) is 0 Å². The molecule has 3 aromatic rings. The average Bonchev–Trinajstić information content (AvgIpc) is 2.95. The summed E-state index contributed by atoms with van der Waals surface area (Å²) >= 11 is 6.91. The molecule has 0 radical (unpaired) electrons. The molecule has 0 spiro atoms. The number of thioether (sulfide) groups is 1. The third-order valence-corrected chi connectivity index (χ3v) is 5.48. The zero-order valence-corrected chi connectivity index (χ0v) is 16.4. The molecule has 0 aliphatic carbocycles. The topological polar surface area (TPSA) is 46.6 Å². The molecule has 0 N–H and O–H groups in total. The maximum absolute atomic E-state index is 12.6. The number of rotatable bonds is 5. The molecule has 4 rings (SSSR count). The number of benzene rings is 3. The van der Waals surface area contributed by atoms with Crippen molar-refractivity contribution in [1.29, 1.82) is 0 Å². The summed E-state index contributed by atoms with van der Waals surface area (Å²) < 4.78 is 5.85. The third-order valence-electron chi connectivity index (χ3n) is 4.34. The molecule has 1 fully saturated rings. The van der Waals surface area contributed by atoms with Crippen LogP contribution in [-0.2, 0) is 4.79 Å². The van der Waals surface area contributed by atoms with Crippen LogP contribution in [0.2, 0.25) is 5.02 Å². The second kappa shape index (κ2) is 8.09. The van der Waals surface area contributed by atoms with E-state index in [1.807, 2.05) is 48.5 Å². The second-order valence-corrected chi connectivity index (χ2v) is 7.64. The molecule has 0 unspecified atom stereocenters. The molecule has 0 atom stereocenters. The molecule has 1 aliphatic heterocycles. The molecule has 140 valence electrons. The number of amides is 2. The van der Waals surface area contributed by atoms with Crippen molar-refractivity contribution >= 4 is 51.4 Å². The van der Waals surface area contributed by atoms with Crippen molar-refractivity contribution in [3.05, 3.63) is 82.2 Å². The van der Waals surface area contributed by atoms with Gasteiger partial charge in [0.05, 0.1) is 11.4 Å². The van der Waals surface area contributed by atoms with Crippen molar-refractivity contribution in [2.24, 2.45) is 0 Å². The number of halogens is 1. The number of carbonyl (C=O) groups is 2. The first-order chi connectivity index (χ1) is 13.6.